The van der Waals surface area contributed by atoms with E-state index in [0.717, 1.165) is 5.69 Å². The highest BCUT2D eigenvalue weighted by atomic mass is 19.1. The lowest BCUT2D eigenvalue weighted by molar-refractivity contribution is 0.111. The molecule has 1 heterocycles. The molecule has 0 aliphatic carbocycles. The Morgan fingerprint density at radius 3 is 2.76 bits per heavy atom. The first-order valence-electron chi connectivity index (χ1n) is 5.43. The van der Waals surface area contributed by atoms with Crippen molar-refractivity contribution in [2.24, 2.45) is 0 Å². The zero-order valence-electron chi connectivity index (χ0n) is 9.70. The fourth-order valence-electron chi connectivity index (χ4n) is 1.74. The molecule has 0 spiro atoms. The summed E-state index contributed by atoms with van der Waals surface area (Å²) in [6.45, 7) is 3.98. The summed E-state index contributed by atoms with van der Waals surface area (Å²) in [6, 6.07) is 6.20. The Morgan fingerprint density at radius 2 is 2.18 bits per heavy atom. The van der Waals surface area contributed by atoms with Crippen LogP contribution in [0.25, 0.3) is 11.3 Å². The monoisotopic (exact) mass is 232 g/mol. The molecule has 2 aromatic rings. The average Bonchev–Trinajstić information content (AvgIpc) is 2.73. The third-order valence-electron chi connectivity index (χ3n) is 2.54. The second-order valence-corrected chi connectivity index (χ2v) is 4.17. The maximum Gasteiger partial charge on any atom is 0.185 e. The van der Waals surface area contributed by atoms with Crippen molar-refractivity contribution in [3.8, 4) is 11.3 Å². The summed E-state index contributed by atoms with van der Waals surface area (Å²) in [5.41, 5.74) is 2.16. The number of hydrogen-bond acceptors (Lipinski definition) is 2. The minimum atomic E-state index is -0.312. The number of H-pyrrole nitrogens is 1. The van der Waals surface area contributed by atoms with Gasteiger partial charge in [-0.15, -0.1) is 0 Å². The Morgan fingerprint density at radius 1 is 1.41 bits per heavy atom. The number of nitrogens with zero attached hydrogens (tertiary/aromatic N) is 1. The van der Waals surface area contributed by atoms with Crippen molar-refractivity contribution < 1.29 is 9.18 Å². The quantitative estimate of drug-likeness (QED) is 0.826. The minimum Gasteiger partial charge on any atom is -0.339 e. The van der Waals surface area contributed by atoms with Gasteiger partial charge in [-0.05, 0) is 18.1 Å². The van der Waals surface area contributed by atoms with Gasteiger partial charge >= 0.3 is 0 Å². The van der Waals surface area contributed by atoms with Crippen LogP contribution in [0.15, 0.2) is 24.3 Å². The van der Waals surface area contributed by atoms with Crippen LogP contribution in [0.2, 0.25) is 0 Å². The Hall–Kier alpha value is -1.97. The van der Waals surface area contributed by atoms with Crippen LogP contribution in [0, 0.1) is 5.82 Å². The standard InChI is InChI=1S/C13H13FN2O/c1-8(2)12-13(16-11(7-17)15-12)9-4-3-5-10(14)6-9/h3-8H,1-2H3,(H,15,16). The molecule has 0 fully saturated rings. The van der Waals surface area contributed by atoms with Crippen molar-refractivity contribution >= 4 is 6.29 Å². The molecule has 17 heavy (non-hydrogen) atoms. The lowest BCUT2D eigenvalue weighted by Crippen LogP contribution is -1.91. The number of aromatic nitrogens is 2. The van der Waals surface area contributed by atoms with E-state index in [2.05, 4.69) is 9.97 Å². The van der Waals surface area contributed by atoms with E-state index in [1.807, 2.05) is 13.8 Å². The summed E-state index contributed by atoms with van der Waals surface area (Å²) >= 11 is 0. The van der Waals surface area contributed by atoms with E-state index in [4.69, 9.17) is 0 Å². The highest BCUT2D eigenvalue weighted by Gasteiger charge is 2.14. The lowest BCUT2D eigenvalue weighted by atomic mass is 10.0. The van der Waals surface area contributed by atoms with Gasteiger partial charge in [0.1, 0.15) is 5.82 Å². The topological polar surface area (TPSA) is 45.8 Å². The molecule has 0 atom stereocenters. The van der Waals surface area contributed by atoms with Crippen molar-refractivity contribution in [3.63, 3.8) is 0 Å². The van der Waals surface area contributed by atoms with Crippen LogP contribution in [0.3, 0.4) is 0 Å². The first-order valence-corrected chi connectivity index (χ1v) is 5.43. The van der Waals surface area contributed by atoms with Crippen LogP contribution < -0.4 is 0 Å². The van der Waals surface area contributed by atoms with Crippen LogP contribution in [0.1, 0.15) is 36.1 Å². The van der Waals surface area contributed by atoms with E-state index in [9.17, 15) is 9.18 Å². The second-order valence-electron chi connectivity index (χ2n) is 4.17. The van der Waals surface area contributed by atoms with Crippen LogP contribution in [0.4, 0.5) is 4.39 Å². The van der Waals surface area contributed by atoms with Gasteiger partial charge in [0.2, 0.25) is 0 Å². The first kappa shape index (κ1) is 11.5. The Bertz CT molecular complexity index is 546. The normalized spacial score (nSPS) is 10.8. The minimum absolute atomic E-state index is 0.189. The molecule has 4 heteroatoms. The van der Waals surface area contributed by atoms with Crippen LogP contribution in [0.5, 0.6) is 0 Å². The number of aldehydes is 1. The van der Waals surface area contributed by atoms with Crippen LogP contribution >= 0.6 is 0 Å². The van der Waals surface area contributed by atoms with Gasteiger partial charge in [0.05, 0.1) is 5.69 Å². The summed E-state index contributed by atoms with van der Waals surface area (Å²) in [7, 11) is 0. The molecule has 0 aliphatic rings. The first-order chi connectivity index (χ1) is 8.11. The molecule has 2 rings (SSSR count). The highest BCUT2D eigenvalue weighted by molar-refractivity contribution is 5.73. The van der Waals surface area contributed by atoms with Crippen molar-refractivity contribution in [1.29, 1.82) is 0 Å². The smallest absolute Gasteiger partial charge is 0.185 e. The number of halogens is 1. The predicted octanol–water partition coefficient (Wildman–Crippen LogP) is 3.15. The molecule has 0 aliphatic heterocycles. The van der Waals surface area contributed by atoms with E-state index < -0.39 is 0 Å². The van der Waals surface area contributed by atoms with E-state index in [0.29, 0.717) is 17.5 Å². The summed E-state index contributed by atoms with van der Waals surface area (Å²) in [6.07, 6.45) is 0.661. The van der Waals surface area contributed by atoms with E-state index in [1.54, 1.807) is 12.1 Å². The molecule has 88 valence electrons. The van der Waals surface area contributed by atoms with Gasteiger partial charge in [0.25, 0.3) is 0 Å². The number of carbonyl (C=O) groups is 1. The molecule has 1 N–H and O–H groups in total. The molecule has 1 aromatic carbocycles. The largest absolute Gasteiger partial charge is 0.339 e. The van der Waals surface area contributed by atoms with Gasteiger partial charge in [-0.25, -0.2) is 9.37 Å². The number of imidazole rings is 1. The molecular weight excluding hydrogens is 219 g/mol. The van der Waals surface area contributed by atoms with Gasteiger partial charge in [-0.3, -0.25) is 4.79 Å². The molecule has 0 saturated carbocycles. The van der Waals surface area contributed by atoms with Crippen molar-refractivity contribution in [2.75, 3.05) is 0 Å². The summed E-state index contributed by atoms with van der Waals surface area (Å²) < 4.78 is 13.2. The molecule has 0 amide bonds. The highest BCUT2D eigenvalue weighted by Crippen LogP contribution is 2.27. The number of nitrogens with one attached hydrogen (secondary N) is 1. The Balaban J connectivity index is 2.57. The number of aromatic amines is 1. The van der Waals surface area contributed by atoms with Crippen molar-refractivity contribution in [3.05, 3.63) is 41.6 Å². The van der Waals surface area contributed by atoms with E-state index in [1.165, 1.54) is 12.1 Å². The number of hydrogen-bond donors (Lipinski definition) is 1. The van der Waals surface area contributed by atoms with Gasteiger partial charge in [-0.1, -0.05) is 26.0 Å². The van der Waals surface area contributed by atoms with Gasteiger partial charge in [0, 0.05) is 11.3 Å². The van der Waals surface area contributed by atoms with E-state index in [-0.39, 0.29) is 17.6 Å². The number of rotatable bonds is 3. The third-order valence-corrected chi connectivity index (χ3v) is 2.54. The van der Waals surface area contributed by atoms with Gasteiger partial charge in [-0.2, -0.15) is 0 Å². The maximum absolute atomic E-state index is 13.2. The Kier molecular flexibility index (Phi) is 3.04. The Labute approximate surface area is 98.7 Å². The fourth-order valence-corrected chi connectivity index (χ4v) is 1.74. The summed E-state index contributed by atoms with van der Waals surface area (Å²) in [4.78, 5) is 17.8. The molecular formula is C13H13FN2O. The van der Waals surface area contributed by atoms with Crippen LogP contribution in [-0.2, 0) is 0 Å². The molecule has 3 nitrogen and oxygen atoms in total. The average molecular weight is 232 g/mol. The van der Waals surface area contributed by atoms with Gasteiger partial charge < -0.3 is 4.98 Å². The molecule has 1 aromatic heterocycles. The molecule has 0 radical (unpaired) electrons. The number of benzene rings is 1. The third kappa shape index (κ3) is 2.25. The molecule has 0 bridgehead atoms. The molecule has 0 unspecified atom stereocenters. The van der Waals surface area contributed by atoms with E-state index >= 15 is 0 Å². The van der Waals surface area contributed by atoms with Crippen molar-refractivity contribution in [1.82, 2.24) is 9.97 Å². The molecule has 0 saturated heterocycles. The second kappa shape index (κ2) is 4.49. The van der Waals surface area contributed by atoms with Crippen molar-refractivity contribution in [2.45, 2.75) is 19.8 Å². The zero-order valence-corrected chi connectivity index (χ0v) is 9.70. The summed E-state index contributed by atoms with van der Waals surface area (Å²) in [5.74, 6) is 0.148. The fraction of sp³-hybridized carbons (Fsp3) is 0.231. The maximum atomic E-state index is 13.2. The predicted molar refractivity (Wildman–Crippen MR) is 63.5 cm³/mol. The summed E-state index contributed by atoms with van der Waals surface area (Å²) in [5, 5.41) is 0. The lowest BCUT2D eigenvalue weighted by Gasteiger charge is -2.05. The van der Waals surface area contributed by atoms with Gasteiger partial charge in [0.15, 0.2) is 12.1 Å². The number of carbonyl (C=O) groups excluding carboxylic acids is 1. The zero-order chi connectivity index (χ0) is 12.4. The SMILES string of the molecule is CC(C)c1[nH]c(C=O)nc1-c1cccc(F)c1. The van der Waals surface area contributed by atoms with Crippen LogP contribution in [-0.4, -0.2) is 16.3 Å².